The highest BCUT2D eigenvalue weighted by atomic mass is 79.9. The summed E-state index contributed by atoms with van der Waals surface area (Å²) in [4.78, 5) is 30.0. The number of rotatable bonds is 5. The number of aromatic nitrogens is 1. The fraction of sp³-hybridized carbons (Fsp3) is 0.257. The van der Waals surface area contributed by atoms with Crippen molar-refractivity contribution in [3.05, 3.63) is 129 Å². The Labute approximate surface area is 243 Å². The SMILES string of the molecule is O=C1CCCC2=C1C(c1cn(Cc3ccc(Br)cc3)c3ccccc13)C1=C(CCCC1=O)N2Cc1ccccc1. The molecule has 3 aliphatic rings. The number of fused-ring (bicyclic) bond motifs is 1. The summed E-state index contributed by atoms with van der Waals surface area (Å²) in [5.74, 6) is 0.0756. The number of carbonyl (C=O) groups is 2. The minimum Gasteiger partial charge on any atom is -0.343 e. The lowest BCUT2D eigenvalue weighted by Gasteiger charge is -2.44. The molecule has 1 aromatic heterocycles. The molecule has 0 saturated carbocycles. The fourth-order valence-corrected chi connectivity index (χ4v) is 7.17. The minimum atomic E-state index is -0.311. The van der Waals surface area contributed by atoms with E-state index < -0.39 is 0 Å². The molecule has 0 atom stereocenters. The van der Waals surface area contributed by atoms with Crippen LogP contribution in [0.1, 0.15) is 61.1 Å². The average molecular weight is 592 g/mol. The van der Waals surface area contributed by atoms with E-state index in [1.165, 1.54) is 11.1 Å². The van der Waals surface area contributed by atoms with Gasteiger partial charge in [0, 0.05) is 76.0 Å². The van der Waals surface area contributed by atoms with Gasteiger partial charge < -0.3 is 9.47 Å². The van der Waals surface area contributed by atoms with Crippen LogP contribution in [0.5, 0.6) is 0 Å². The van der Waals surface area contributed by atoms with E-state index in [4.69, 9.17) is 0 Å². The van der Waals surface area contributed by atoms with Gasteiger partial charge in [0.1, 0.15) is 0 Å². The Morgan fingerprint density at radius 2 is 1.27 bits per heavy atom. The molecule has 1 aliphatic heterocycles. The molecular weight excluding hydrogens is 560 g/mol. The van der Waals surface area contributed by atoms with Gasteiger partial charge in [-0.2, -0.15) is 0 Å². The molecule has 4 aromatic rings. The van der Waals surface area contributed by atoms with Crippen LogP contribution in [0, 0.1) is 0 Å². The molecule has 0 amide bonds. The zero-order valence-electron chi connectivity index (χ0n) is 22.4. The van der Waals surface area contributed by atoms with Crippen LogP contribution < -0.4 is 0 Å². The van der Waals surface area contributed by atoms with Crippen molar-refractivity contribution in [2.45, 2.75) is 57.5 Å². The Hall–Kier alpha value is -3.70. The Morgan fingerprint density at radius 1 is 0.675 bits per heavy atom. The number of ketones is 2. The van der Waals surface area contributed by atoms with Crippen LogP contribution in [-0.2, 0) is 22.7 Å². The van der Waals surface area contributed by atoms with Gasteiger partial charge in [-0.1, -0.05) is 76.6 Å². The third kappa shape index (κ3) is 4.37. The summed E-state index contributed by atoms with van der Waals surface area (Å²) in [5.41, 5.74) is 8.56. The maximum absolute atomic E-state index is 13.8. The van der Waals surface area contributed by atoms with Crippen LogP contribution in [0.2, 0.25) is 0 Å². The predicted molar refractivity (Wildman–Crippen MR) is 162 cm³/mol. The average Bonchev–Trinajstić information content (AvgIpc) is 3.33. The van der Waals surface area contributed by atoms with E-state index in [0.29, 0.717) is 19.4 Å². The van der Waals surface area contributed by atoms with Crippen LogP contribution >= 0.6 is 15.9 Å². The molecule has 4 nitrogen and oxygen atoms in total. The largest absolute Gasteiger partial charge is 0.343 e. The first-order chi connectivity index (χ1) is 19.6. The first-order valence-electron chi connectivity index (χ1n) is 14.2. The summed E-state index contributed by atoms with van der Waals surface area (Å²) in [6.07, 6.45) is 6.75. The van der Waals surface area contributed by atoms with E-state index in [1.54, 1.807) is 0 Å². The number of Topliss-reactive ketones (excluding diaryl/α,β-unsaturated/α-hetero) is 2. The molecule has 0 radical (unpaired) electrons. The molecule has 40 heavy (non-hydrogen) atoms. The molecule has 3 aromatic carbocycles. The van der Waals surface area contributed by atoms with Gasteiger partial charge in [-0.05, 0) is 60.6 Å². The van der Waals surface area contributed by atoms with Crippen LogP contribution in [0.25, 0.3) is 10.9 Å². The predicted octanol–water partition coefficient (Wildman–Crippen LogP) is 8.07. The number of halogens is 1. The van der Waals surface area contributed by atoms with E-state index in [2.05, 4.69) is 104 Å². The van der Waals surface area contributed by atoms with Crippen molar-refractivity contribution in [2.24, 2.45) is 0 Å². The highest BCUT2D eigenvalue weighted by Crippen LogP contribution is 2.51. The van der Waals surface area contributed by atoms with Gasteiger partial charge >= 0.3 is 0 Å². The Bertz CT molecular complexity index is 1650. The van der Waals surface area contributed by atoms with Crippen molar-refractivity contribution in [1.82, 2.24) is 9.47 Å². The van der Waals surface area contributed by atoms with Crippen molar-refractivity contribution < 1.29 is 9.59 Å². The summed E-state index contributed by atoms with van der Waals surface area (Å²) < 4.78 is 3.34. The summed E-state index contributed by atoms with van der Waals surface area (Å²) in [6, 6.07) is 27.3. The van der Waals surface area contributed by atoms with Crippen molar-refractivity contribution in [2.75, 3.05) is 0 Å². The number of carbonyl (C=O) groups excluding carboxylic acids is 2. The lowest BCUT2D eigenvalue weighted by molar-refractivity contribution is -0.117. The number of nitrogens with zero attached hydrogens (tertiary/aromatic N) is 2. The van der Waals surface area contributed by atoms with Gasteiger partial charge in [0.2, 0.25) is 0 Å². The third-order valence-electron chi connectivity index (χ3n) is 8.67. The van der Waals surface area contributed by atoms with E-state index in [1.807, 2.05) is 6.07 Å². The maximum Gasteiger partial charge on any atom is 0.161 e. The standard InChI is InChI=1S/C35H31BrN2O2/c36-25-18-16-24(17-19-25)20-37-22-27(26-10-4-5-11-28(26)37)33-34-29(12-6-14-31(34)39)38(21-23-8-2-1-3-9-23)30-13-7-15-32(40)35(30)33/h1-5,8-11,16-19,22,33H,6-7,12-15,20-21H2. The molecule has 5 heteroatoms. The lowest BCUT2D eigenvalue weighted by atomic mass is 9.71. The van der Waals surface area contributed by atoms with Gasteiger partial charge in [-0.3, -0.25) is 9.59 Å². The topological polar surface area (TPSA) is 42.3 Å². The second kappa shape index (κ2) is 10.4. The third-order valence-corrected chi connectivity index (χ3v) is 9.20. The summed E-state index contributed by atoms with van der Waals surface area (Å²) >= 11 is 3.54. The molecule has 0 spiro atoms. The minimum absolute atomic E-state index is 0.193. The Kier molecular flexibility index (Phi) is 6.55. The molecule has 2 aliphatic carbocycles. The second-order valence-corrected chi connectivity index (χ2v) is 12.1. The molecule has 0 fully saturated rings. The quantitative estimate of drug-likeness (QED) is 0.236. The zero-order valence-corrected chi connectivity index (χ0v) is 24.0. The van der Waals surface area contributed by atoms with Crippen LogP contribution in [0.15, 0.2) is 112 Å². The number of benzene rings is 3. The van der Waals surface area contributed by atoms with Gasteiger partial charge in [0.15, 0.2) is 11.6 Å². The molecule has 0 saturated heterocycles. The van der Waals surface area contributed by atoms with Crippen molar-refractivity contribution in [1.29, 1.82) is 0 Å². The van der Waals surface area contributed by atoms with E-state index in [0.717, 1.165) is 75.7 Å². The van der Waals surface area contributed by atoms with E-state index >= 15 is 0 Å². The molecule has 7 rings (SSSR count). The van der Waals surface area contributed by atoms with Crippen LogP contribution in [0.4, 0.5) is 0 Å². The number of hydrogen-bond acceptors (Lipinski definition) is 3. The normalized spacial score (nSPS) is 18.0. The maximum atomic E-state index is 13.8. The summed E-state index contributed by atoms with van der Waals surface area (Å²) in [5, 5.41) is 1.12. The highest BCUT2D eigenvalue weighted by Gasteiger charge is 2.44. The molecule has 2 heterocycles. The van der Waals surface area contributed by atoms with Crippen molar-refractivity contribution in [3.8, 4) is 0 Å². The monoisotopic (exact) mass is 590 g/mol. The van der Waals surface area contributed by atoms with E-state index in [9.17, 15) is 9.59 Å². The van der Waals surface area contributed by atoms with Crippen molar-refractivity contribution in [3.63, 3.8) is 0 Å². The van der Waals surface area contributed by atoms with Gasteiger partial charge in [0.05, 0.1) is 0 Å². The van der Waals surface area contributed by atoms with Crippen LogP contribution in [0.3, 0.4) is 0 Å². The van der Waals surface area contributed by atoms with E-state index in [-0.39, 0.29) is 17.5 Å². The molecule has 0 N–H and O–H groups in total. The first-order valence-corrected chi connectivity index (χ1v) is 15.0. The summed E-state index contributed by atoms with van der Waals surface area (Å²) in [6.45, 7) is 1.41. The highest BCUT2D eigenvalue weighted by molar-refractivity contribution is 9.10. The first kappa shape index (κ1) is 25.3. The molecule has 200 valence electrons. The van der Waals surface area contributed by atoms with Crippen LogP contribution in [-0.4, -0.2) is 21.0 Å². The fourth-order valence-electron chi connectivity index (χ4n) is 6.91. The molecule has 0 unspecified atom stereocenters. The summed E-state index contributed by atoms with van der Waals surface area (Å²) in [7, 11) is 0. The number of para-hydroxylation sites is 1. The lowest BCUT2D eigenvalue weighted by Crippen LogP contribution is -2.38. The zero-order chi connectivity index (χ0) is 27.2. The van der Waals surface area contributed by atoms with Gasteiger partial charge in [-0.15, -0.1) is 0 Å². The Balaban J connectivity index is 1.42. The smallest absolute Gasteiger partial charge is 0.161 e. The number of allylic oxidation sites excluding steroid dienone is 4. The second-order valence-electron chi connectivity index (χ2n) is 11.1. The van der Waals surface area contributed by atoms with Gasteiger partial charge in [-0.25, -0.2) is 0 Å². The number of hydrogen-bond donors (Lipinski definition) is 0. The Morgan fingerprint density at radius 3 is 1.95 bits per heavy atom. The van der Waals surface area contributed by atoms with Crippen molar-refractivity contribution >= 4 is 38.4 Å². The van der Waals surface area contributed by atoms with Gasteiger partial charge in [0.25, 0.3) is 0 Å². The molecular formula is C35H31BrN2O2. The molecule has 0 bridgehead atoms.